The molecule has 0 fully saturated rings. The molecule has 122 valence electrons. The summed E-state index contributed by atoms with van der Waals surface area (Å²) in [6.45, 7) is 0.652. The first-order chi connectivity index (χ1) is 11.1. The van der Waals surface area contributed by atoms with Gasteiger partial charge in [0.1, 0.15) is 0 Å². The van der Waals surface area contributed by atoms with Gasteiger partial charge in [0.05, 0.1) is 12.6 Å². The molecular formula is C17H21N3O2S. The number of rotatable bonds is 7. The van der Waals surface area contributed by atoms with E-state index in [0.717, 1.165) is 5.56 Å². The molecule has 0 saturated carbocycles. The van der Waals surface area contributed by atoms with E-state index in [2.05, 4.69) is 10.6 Å². The normalized spacial score (nSPS) is 12.0. The first-order valence-electron chi connectivity index (χ1n) is 7.35. The highest BCUT2D eigenvalue weighted by atomic mass is 32.1. The number of amides is 2. The van der Waals surface area contributed by atoms with Gasteiger partial charge in [0.25, 0.3) is 5.91 Å². The third-order valence-corrected chi connectivity index (χ3v) is 3.96. The number of nitrogens with one attached hydrogen (secondary N) is 2. The largest absolute Gasteiger partial charge is 0.346 e. The molecule has 23 heavy (non-hydrogen) atoms. The number of likely N-dealkylation sites (N-methyl/N-ethyl adjacent to an activating group) is 1. The highest BCUT2D eigenvalue weighted by Crippen LogP contribution is 2.13. The molecule has 2 N–H and O–H groups in total. The summed E-state index contributed by atoms with van der Waals surface area (Å²) in [6, 6.07) is 11.4. The lowest BCUT2D eigenvalue weighted by atomic mass is 10.1. The number of benzene rings is 1. The second-order valence-corrected chi connectivity index (χ2v) is 6.27. The summed E-state index contributed by atoms with van der Waals surface area (Å²) in [4.78, 5) is 26.0. The molecule has 0 aliphatic heterocycles. The Labute approximate surface area is 140 Å². The molecule has 0 aliphatic rings. The van der Waals surface area contributed by atoms with Crippen LogP contribution < -0.4 is 10.6 Å². The van der Waals surface area contributed by atoms with Crippen LogP contribution in [0.25, 0.3) is 0 Å². The summed E-state index contributed by atoms with van der Waals surface area (Å²) in [5.41, 5.74) is 1.62. The van der Waals surface area contributed by atoms with Crippen molar-refractivity contribution in [3.8, 4) is 0 Å². The van der Waals surface area contributed by atoms with Gasteiger partial charge in [-0.3, -0.25) is 9.59 Å². The van der Waals surface area contributed by atoms with Crippen molar-refractivity contribution in [3.05, 3.63) is 58.3 Å². The van der Waals surface area contributed by atoms with Crippen LogP contribution in [0.5, 0.6) is 0 Å². The minimum atomic E-state index is -0.231. The van der Waals surface area contributed by atoms with Crippen LogP contribution in [-0.4, -0.2) is 43.9 Å². The van der Waals surface area contributed by atoms with Crippen molar-refractivity contribution < 1.29 is 9.59 Å². The molecule has 6 heteroatoms. The third kappa shape index (κ3) is 5.50. The Kier molecular flexibility index (Phi) is 6.31. The molecule has 0 bridgehead atoms. The van der Waals surface area contributed by atoms with E-state index in [-0.39, 0.29) is 24.4 Å². The van der Waals surface area contributed by atoms with Gasteiger partial charge in [-0.05, 0) is 31.1 Å². The fourth-order valence-electron chi connectivity index (χ4n) is 2.19. The molecule has 2 aromatic rings. The number of carbonyl (C=O) groups excluding carboxylic acids is 2. The Balaban J connectivity index is 1.91. The standard InChI is InChI=1S/C17H21N3O2S/c1-20(2)11-15(13-6-4-3-5-7-13)19-16(21)10-18-17(22)14-8-9-23-12-14/h3-9,12,15H,10-11H2,1-2H3,(H,18,22)(H,19,21). The highest BCUT2D eigenvalue weighted by molar-refractivity contribution is 7.08. The van der Waals surface area contributed by atoms with Crippen LogP contribution >= 0.6 is 11.3 Å². The maximum absolute atomic E-state index is 12.1. The smallest absolute Gasteiger partial charge is 0.252 e. The van der Waals surface area contributed by atoms with Crippen molar-refractivity contribution in [2.24, 2.45) is 0 Å². The number of carbonyl (C=O) groups is 2. The second kappa shape index (κ2) is 8.45. The zero-order chi connectivity index (χ0) is 16.7. The molecule has 0 radical (unpaired) electrons. The average Bonchev–Trinajstić information content (AvgIpc) is 3.07. The van der Waals surface area contributed by atoms with Crippen LogP contribution in [0, 0.1) is 0 Å². The predicted molar refractivity (Wildman–Crippen MR) is 92.5 cm³/mol. The van der Waals surface area contributed by atoms with Crippen molar-refractivity contribution in [3.63, 3.8) is 0 Å². The lowest BCUT2D eigenvalue weighted by Crippen LogP contribution is -2.41. The molecule has 1 unspecified atom stereocenters. The lowest BCUT2D eigenvalue weighted by Gasteiger charge is -2.23. The summed E-state index contributed by atoms with van der Waals surface area (Å²) in [6.07, 6.45) is 0. The van der Waals surface area contributed by atoms with Gasteiger partial charge >= 0.3 is 0 Å². The van der Waals surface area contributed by atoms with Crippen LogP contribution in [0.4, 0.5) is 0 Å². The SMILES string of the molecule is CN(C)CC(NC(=O)CNC(=O)c1ccsc1)c1ccccc1. The van der Waals surface area contributed by atoms with Crippen LogP contribution in [0.1, 0.15) is 22.0 Å². The maximum Gasteiger partial charge on any atom is 0.252 e. The summed E-state index contributed by atoms with van der Waals surface area (Å²) in [5.74, 6) is -0.436. The molecule has 0 saturated heterocycles. The summed E-state index contributed by atoms with van der Waals surface area (Å²) in [7, 11) is 3.92. The van der Waals surface area contributed by atoms with E-state index < -0.39 is 0 Å². The number of thiophene rings is 1. The Morgan fingerprint density at radius 3 is 2.52 bits per heavy atom. The first kappa shape index (κ1) is 17.2. The predicted octanol–water partition coefficient (Wildman–Crippen LogP) is 1.90. The van der Waals surface area contributed by atoms with E-state index in [4.69, 9.17) is 0 Å². The van der Waals surface area contributed by atoms with Gasteiger partial charge in [0.15, 0.2) is 0 Å². The molecule has 1 atom stereocenters. The number of hydrogen-bond donors (Lipinski definition) is 2. The van der Waals surface area contributed by atoms with Crippen LogP contribution in [0.2, 0.25) is 0 Å². The van der Waals surface area contributed by atoms with E-state index >= 15 is 0 Å². The van der Waals surface area contributed by atoms with Crippen LogP contribution in [-0.2, 0) is 4.79 Å². The van der Waals surface area contributed by atoms with Gasteiger partial charge in [-0.25, -0.2) is 0 Å². The van der Waals surface area contributed by atoms with E-state index in [1.165, 1.54) is 11.3 Å². The minimum absolute atomic E-state index is 0.0363. The van der Waals surface area contributed by atoms with Gasteiger partial charge in [-0.15, -0.1) is 0 Å². The molecule has 0 spiro atoms. The molecule has 5 nitrogen and oxygen atoms in total. The maximum atomic E-state index is 12.1. The second-order valence-electron chi connectivity index (χ2n) is 5.49. The van der Waals surface area contributed by atoms with Gasteiger partial charge in [-0.1, -0.05) is 30.3 Å². The first-order valence-corrected chi connectivity index (χ1v) is 8.30. The monoisotopic (exact) mass is 331 g/mol. The minimum Gasteiger partial charge on any atom is -0.346 e. The van der Waals surface area contributed by atoms with Gasteiger partial charge in [-0.2, -0.15) is 11.3 Å². The molecular weight excluding hydrogens is 310 g/mol. The Morgan fingerprint density at radius 2 is 1.91 bits per heavy atom. The lowest BCUT2D eigenvalue weighted by molar-refractivity contribution is -0.121. The Hall–Kier alpha value is -2.18. The van der Waals surface area contributed by atoms with Crippen molar-refractivity contribution in [1.82, 2.24) is 15.5 Å². The third-order valence-electron chi connectivity index (χ3n) is 3.28. The molecule has 1 heterocycles. The van der Waals surface area contributed by atoms with Crippen LogP contribution in [0.15, 0.2) is 47.2 Å². The van der Waals surface area contributed by atoms with E-state index in [1.54, 1.807) is 11.4 Å². The number of hydrogen-bond acceptors (Lipinski definition) is 4. The molecule has 1 aromatic carbocycles. The zero-order valence-corrected chi connectivity index (χ0v) is 14.1. The van der Waals surface area contributed by atoms with E-state index in [0.29, 0.717) is 12.1 Å². The highest BCUT2D eigenvalue weighted by Gasteiger charge is 2.16. The quantitative estimate of drug-likeness (QED) is 0.814. The molecule has 2 rings (SSSR count). The zero-order valence-electron chi connectivity index (χ0n) is 13.3. The van der Waals surface area contributed by atoms with Crippen LogP contribution in [0.3, 0.4) is 0 Å². The van der Waals surface area contributed by atoms with Crippen molar-refractivity contribution in [2.45, 2.75) is 6.04 Å². The summed E-state index contributed by atoms with van der Waals surface area (Å²) in [5, 5.41) is 9.20. The van der Waals surface area contributed by atoms with Gasteiger partial charge in [0, 0.05) is 17.5 Å². The molecule has 2 amide bonds. The van der Waals surface area contributed by atoms with Crippen molar-refractivity contribution in [2.75, 3.05) is 27.2 Å². The summed E-state index contributed by atoms with van der Waals surface area (Å²) < 4.78 is 0. The Bertz CT molecular complexity index is 627. The van der Waals surface area contributed by atoms with Gasteiger partial charge < -0.3 is 15.5 Å². The van der Waals surface area contributed by atoms with E-state index in [1.807, 2.05) is 54.7 Å². The molecule has 0 aliphatic carbocycles. The average molecular weight is 331 g/mol. The fraction of sp³-hybridized carbons (Fsp3) is 0.294. The van der Waals surface area contributed by atoms with Crippen molar-refractivity contribution >= 4 is 23.2 Å². The Morgan fingerprint density at radius 1 is 1.17 bits per heavy atom. The number of nitrogens with zero attached hydrogens (tertiary/aromatic N) is 1. The fourth-order valence-corrected chi connectivity index (χ4v) is 2.82. The topological polar surface area (TPSA) is 61.4 Å². The summed E-state index contributed by atoms with van der Waals surface area (Å²) >= 11 is 1.45. The van der Waals surface area contributed by atoms with Crippen molar-refractivity contribution in [1.29, 1.82) is 0 Å². The van der Waals surface area contributed by atoms with Gasteiger partial charge in [0.2, 0.25) is 5.91 Å². The van der Waals surface area contributed by atoms with E-state index in [9.17, 15) is 9.59 Å². The molecule has 1 aromatic heterocycles.